The molecule has 1 saturated heterocycles. The number of ether oxygens (including phenoxy) is 3. The van der Waals surface area contributed by atoms with Gasteiger partial charge in [-0.2, -0.15) is 0 Å². The van der Waals surface area contributed by atoms with E-state index >= 15 is 0 Å². The van der Waals surface area contributed by atoms with E-state index in [4.69, 9.17) is 14.2 Å². The molecule has 3 heterocycles. The van der Waals surface area contributed by atoms with Crippen molar-refractivity contribution in [3.63, 3.8) is 0 Å². The highest BCUT2D eigenvalue weighted by Gasteiger charge is 2.47. The van der Waals surface area contributed by atoms with Gasteiger partial charge in [-0.1, -0.05) is 6.07 Å². The molecule has 1 fully saturated rings. The Morgan fingerprint density at radius 1 is 1.09 bits per heavy atom. The highest BCUT2D eigenvalue weighted by molar-refractivity contribution is 6.51. The molecule has 3 aromatic rings. The van der Waals surface area contributed by atoms with E-state index in [1.54, 1.807) is 60.8 Å². The third-order valence-electron chi connectivity index (χ3n) is 5.58. The molecule has 1 amide bonds. The second kappa shape index (κ2) is 8.55. The Morgan fingerprint density at radius 3 is 2.56 bits per heavy atom. The van der Waals surface area contributed by atoms with Crippen molar-refractivity contribution in [1.82, 2.24) is 4.98 Å². The number of hydrogen-bond acceptors (Lipinski definition) is 7. The summed E-state index contributed by atoms with van der Waals surface area (Å²) < 4.78 is 16.6. The van der Waals surface area contributed by atoms with Crippen molar-refractivity contribution >= 4 is 23.1 Å². The number of hydrogen-bond donors (Lipinski definition) is 1. The van der Waals surface area contributed by atoms with Crippen molar-refractivity contribution in [3.05, 3.63) is 83.7 Å². The van der Waals surface area contributed by atoms with E-state index < -0.39 is 17.7 Å². The van der Waals surface area contributed by atoms with Crippen LogP contribution in [0.2, 0.25) is 0 Å². The number of rotatable bonds is 5. The zero-order chi connectivity index (χ0) is 23.8. The fourth-order valence-corrected chi connectivity index (χ4v) is 4.11. The minimum atomic E-state index is -0.884. The Hall–Kier alpha value is -4.33. The largest absolute Gasteiger partial charge is 0.507 e. The van der Waals surface area contributed by atoms with Crippen LogP contribution in [0.4, 0.5) is 5.69 Å². The van der Waals surface area contributed by atoms with Gasteiger partial charge in [0.25, 0.3) is 11.7 Å². The molecule has 34 heavy (non-hydrogen) atoms. The normalized spacial score (nSPS) is 18.6. The lowest BCUT2D eigenvalue weighted by atomic mass is 9.95. The summed E-state index contributed by atoms with van der Waals surface area (Å²) in [6, 6.07) is 14.4. The van der Waals surface area contributed by atoms with Gasteiger partial charge in [0.15, 0.2) is 11.5 Å². The van der Waals surface area contributed by atoms with Crippen molar-refractivity contribution in [3.8, 4) is 17.2 Å². The summed E-state index contributed by atoms with van der Waals surface area (Å²) in [7, 11) is 0. The molecule has 1 aromatic heterocycles. The summed E-state index contributed by atoms with van der Waals surface area (Å²) in [6.07, 6.45) is 3.08. The lowest BCUT2D eigenvalue weighted by Gasteiger charge is -2.25. The number of aliphatic hydroxyl groups is 1. The quantitative estimate of drug-likeness (QED) is 0.347. The molecular weight excluding hydrogens is 436 g/mol. The van der Waals surface area contributed by atoms with Crippen molar-refractivity contribution in [2.75, 3.05) is 11.7 Å². The summed E-state index contributed by atoms with van der Waals surface area (Å²) in [5, 5.41) is 11.2. The Kier molecular flexibility index (Phi) is 5.41. The van der Waals surface area contributed by atoms with Gasteiger partial charge >= 0.3 is 0 Å². The van der Waals surface area contributed by atoms with Crippen molar-refractivity contribution < 1.29 is 28.9 Å². The molecule has 1 N–H and O–H groups in total. The lowest BCUT2D eigenvalue weighted by molar-refractivity contribution is -0.132. The monoisotopic (exact) mass is 458 g/mol. The number of aromatic nitrogens is 1. The molecule has 2 aliphatic rings. The smallest absolute Gasteiger partial charge is 0.300 e. The van der Waals surface area contributed by atoms with Gasteiger partial charge in [0, 0.05) is 11.8 Å². The number of pyridine rings is 1. The van der Waals surface area contributed by atoms with Gasteiger partial charge in [0.05, 0.1) is 29.6 Å². The van der Waals surface area contributed by atoms with E-state index in [2.05, 4.69) is 4.98 Å². The van der Waals surface area contributed by atoms with Crippen molar-refractivity contribution in [1.29, 1.82) is 0 Å². The highest BCUT2D eigenvalue weighted by Crippen LogP contribution is 2.44. The van der Waals surface area contributed by atoms with Gasteiger partial charge in [-0.05, 0) is 67.9 Å². The van der Waals surface area contributed by atoms with E-state index in [-0.39, 0.29) is 24.2 Å². The van der Waals surface area contributed by atoms with Crippen molar-refractivity contribution in [2.24, 2.45) is 0 Å². The van der Waals surface area contributed by atoms with Gasteiger partial charge in [0.2, 0.25) is 6.79 Å². The average molecular weight is 458 g/mol. The topological polar surface area (TPSA) is 98.2 Å². The Bertz CT molecular complexity index is 1280. The summed E-state index contributed by atoms with van der Waals surface area (Å²) in [5.74, 6) is -0.103. The van der Waals surface area contributed by atoms with Crippen LogP contribution in [-0.4, -0.2) is 34.7 Å². The van der Waals surface area contributed by atoms with Crippen LogP contribution < -0.4 is 19.1 Å². The van der Waals surface area contributed by atoms with E-state index in [1.165, 1.54) is 11.1 Å². The minimum Gasteiger partial charge on any atom is -0.507 e. The Morgan fingerprint density at radius 2 is 1.85 bits per heavy atom. The molecule has 2 aromatic carbocycles. The van der Waals surface area contributed by atoms with Crippen LogP contribution in [0.1, 0.15) is 31.0 Å². The molecule has 0 saturated carbocycles. The maximum atomic E-state index is 13.2. The minimum absolute atomic E-state index is 0.00439. The molecule has 0 unspecified atom stereocenters. The zero-order valence-corrected chi connectivity index (χ0v) is 18.6. The molecule has 0 aliphatic carbocycles. The standard InChI is InChI=1S/C26H22N2O6/c1-15(2)34-19-8-5-16(6-9-19)24(29)22-23(17-7-10-20-21(12-17)33-14-32-20)28(26(31)25(22)30)18-4-3-11-27-13-18/h3-13,15,23,29H,14H2,1-2H3/t23-/m0/s1. The fourth-order valence-electron chi connectivity index (χ4n) is 4.11. The SMILES string of the molecule is CC(C)Oc1ccc(C(O)=C2C(=O)C(=O)N(c3cccnc3)[C@H]2c2ccc3c(c2)OCO3)cc1. The third kappa shape index (κ3) is 3.73. The second-order valence-electron chi connectivity index (χ2n) is 8.18. The molecular formula is C26H22N2O6. The maximum absolute atomic E-state index is 13.2. The van der Waals surface area contributed by atoms with Gasteiger partial charge in [-0.15, -0.1) is 0 Å². The number of carbonyl (C=O) groups excluding carboxylic acids is 2. The summed E-state index contributed by atoms with van der Waals surface area (Å²) in [4.78, 5) is 31.8. The molecule has 1 atom stereocenters. The van der Waals surface area contributed by atoms with Gasteiger partial charge in [0.1, 0.15) is 11.5 Å². The molecule has 5 rings (SSSR count). The van der Waals surface area contributed by atoms with Crippen LogP contribution in [0.15, 0.2) is 72.6 Å². The average Bonchev–Trinajstić information content (AvgIpc) is 3.41. The number of amides is 1. The number of ketones is 1. The first-order valence-corrected chi connectivity index (χ1v) is 10.8. The fraction of sp³-hybridized carbons (Fsp3) is 0.192. The van der Waals surface area contributed by atoms with Crippen LogP contribution in [0, 0.1) is 0 Å². The zero-order valence-electron chi connectivity index (χ0n) is 18.6. The van der Waals surface area contributed by atoms with Gasteiger partial charge in [-0.25, -0.2) is 0 Å². The molecule has 2 aliphatic heterocycles. The molecule has 0 radical (unpaired) electrons. The predicted octanol–water partition coefficient (Wildman–Crippen LogP) is 4.22. The molecule has 172 valence electrons. The number of anilines is 1. The lowest BCUT2D eigenvalue weighted by Crippen LogP contribution is -2.29. The van der Waals surface area contributed by atoms with Crippen LogP contribution in [-0.2, 0) is 9.59 Å². The number of carbonyl (C=O) groups is 2. The molecule has 8 nitrogen and oxygen atoms in total. The first-order chi connectivity index (χ1) is 16.4. The third-order valence-corrected chi connectivity index (χ3v) is 5.58. The van der Waals surface area contributed by atoms with E-state index in [0.29, 0.717) is 34.1 Å². The maximum Gasteiger partial charge on any atom is 0.300 e. The van der Waals surface area contributed by atoms with Crippen LogP contribution in [0.25, 0.3) is 5.76 Å². The molecule has 0 spiro atoms. The first-order valence-electron chi connectivity index (χ1n) is 10.8. The first kappa shape index (κ1) is 21.5. The van der Waals surface area contributed by atoms with Gasteiger partial charge in [-0.3, -0.25) is 19.5 Å². The number of Topliss-reactive ketones (excluding diaryl/α,β-unsaturated/α-hetero) is 1. The molecule has 0 bridgehead atoms. The van der Waals surface area contributed by atoms with E-state index in [1.807, 2.05) is 13.8 Å². The van der Waals surface area contributed by atoms with Crippen LogP contribution >= 0.6 is 0 Å². The number of fused-ring (bicyclic) bond motifs is 1. The van der Waals surface area contributed by atoms with Crippen molar-refractivity contribution in [2.45, 2.75) is 26.0 Å². The second-order valence-corrected chi connectivity index (χ2v) is 8.18. The number of benzene rings is 2. The Balaban J connectivity index is 1.65. The summed E-state index contributed by atoms with van der Waals surface area (Å²) in [5.41, 5.74) is 1.40. The van der Waals surface area contributed by atoms with E-state index in [0.717, 1.165) is 0 Å². The summed E-state index contributed by atoms with van der Waals surface area (Å²) in [6.45, 7) is 3.92. The van der Waals surface area contributed by atoms with E-state index in [9.17, 15) is 14.7 Å². The van der Waals surface area contributed by atoms with Crippen LogP contribution in [0.5, 0.6) is 17.2 Å². The summed E-state index contributed by atoms with van der Waals surface area (Å²) >= 11 is 0. The molecule has 8 heteroatoms. The van der Waals surface area contributed by atoms with Gasteiger partial charge < -0.3 is 19.3 Å². The van der Waals surface area contributed by atoms with Crippen LogP contribution in [0.3, 0.4) is 0 Å². The number of aliphatic hydroxyl groups excluding tert-OH is 1. The number of nitrogens with zero attached hydrogens (tertiary/aromatic N) is 2. The predicted molar refractivity (Wildman–Crippen MR) is 124 cm³/mol. The Labute approximate surface area is 196 Å². The highest BCUT2D eigenvalue weighted by atomic mass is 16.7.